The van der Waals surface area contributed by atoms with Crippen molar-refractivity contribution in [2.45, 2.75) is 26.5 Å². The third-order valence-corrected chi connectivity index (χ3v) is 3.22. The second kappa shape index (κ2) is 5.63. The van der Waals surface area contributed by atoms with Gasteiger partial charge in [0.1, 0.15) is 11.8 Å². The molecule has 0 bridgehead atoms. The lowest BCUT2D eigenvalue weighted by atomic mass is 10.0. The van der Waals surface area contributed by atoms with Crippen LogP contribution < -0.4 is 4.74 Å². The Labute approximate surface area is 117 Å². The number of methoxy groups -OCH3 is 1. The van der Waals surface area contributed by atoms with E-state index in [4.69, 9.17) is 16.3 Å². The van der Waals surface area contributed by atoms with Crippen molar-refractivity contribution in [3.05, 3.63) is 46.2 Å². The minimum Gasteiger partial charge on any atom is -0.493 e. The number of aliphatic hydroxyl groups is 1. The van der Waals surface area contributed by atoms with Crippen LogP contribution in [0.3, 0.4) is 0 Å². The Morgan fingerprint density at radius 1 is 1.42 bits per heavy atom. The van der Waals surface area contributed by atoms with Crippen molar-refractivity contribution in [3.8, 4) is 5.75 Å². The topological polar surface area (TPSA) is 47.3 Å². The summed E-state index contributed by atoms with van der Waals surface area (Å²) in [7, 11) is 1.57. The lowest BCUT2D eigenvalue weighted by Crippen LogP contribution is -2.10. The van der Waals surface area contributed by atoms with Gasteiger partial charge in [0.25, 0.3) is 0 Å². The van der Waals surface area contributed by atoms with Crippen molar-refractivity contribution in [3.63, 3.8) is 0 Å². The highest BCUT2D eigenvalue weighted by Gasteiger charge is 2.21. The van der Waals surface area contributed by atoms with Crippen molar-refractivity contribution in [2.75, 3.05) is 7.11 Å². The Bertz CT molecular complexity index is 539. The van der Waals surface area contributed by atoms with E-state index in [9.17, 15) is 5.11 Å². The van der Waals surface area contributed by atoms with Gasteiger partial charge < -0.3 is 9.84 Å². The van der Waals surface area contributed by atoms with Crippen LogP contribution in [-0.2, 0) is 6.54 Å². The molecule has 0 fully saturated rings. The number of aromatic nitrogens is 2. The number of rotatable bonds is 4. The first kappa shape index (κ1) is 13.9. The Balaban J connectivity index is 2.48. The lowest BCUT2D eigenvalue weighted by Gasteiger charge is -2.15. The molecule has 2 aromatic rings. The molecule has 1 unspecified atom stereocenters. The largest absolute Gasteiger partial charge is 0.493 e. The summed E-state index contributed by atoms with van der Waals surface area (Å²) in [4.78, 5) is 0. The summed E-state index contributed by atoms with van der Waals surface area (Å²) >= 11 is 6.04. The molecule has 5 heteroatoms. The Morgan fingerprint density at radius 3 is 2.74 bits per heavy atom. The third-order valence-electron chi connectivity index (χ3n) is 3.00. The fourth-order valence-corrected chi connectivity index (χ4v) is 2.44. The molecular formula is C14H17ClN2O2. The molecule has 0 saturated carbocycles. The number of nitrogens with zero attached hydrogens (tertiary/aromatic N) is 2. The molecule has 0 aliphatic heterocycles. The fraction of sp³-hybridized carbons (Fsp3) is 0.357. The molecule has 0 aliphatic rings. The normalized spacial score (nSPS) is 12.5. The number of halogens is 1. The molecule has 1 aromatic carbocycles. The smallest absolute Gasteiger partial charge is 0.163 e. The molecule has 0 spiro atoms. The van der Waals surface area contributed by atoms with Crippen molar-refractivity contribution in [1.82, 2.24) is 9.78 Å². The predicted octanol–water partition coefficient (Wildman–Crippen LogP) is 2.96. The van der Waals surface area contributed by atoms with E-state index in [1.807, 2.05) is 26.0 Å². The summed E-state index contributed by atoms with van der Waals surface area (Å²) in [6, 6.07) is 5.51. The van der Waals surface area contributed by atoms with Crippen LogP contribution in [0.15, 0.2) is 24.4 Å². The molecule has 19 heavy (non-hydrogen) atoms. The van der Waals surface area contributed by atoms with Gasteiger partial charge in [-0.2, -0.15) is 5.10 Å². The van der Waals surface area contributed by atoms with E-state index >= 15 is 0 Å². The van der Waals surface area contributed by atoms with Crippen molar-refractivity contribution in [1.29, 1.82) is 0 Å². The molecular weight excluding hydrogens is 264 g/mol. The van der Waals surface area contributed by atoms with Crippen LogP contribution in [0.25, 0.3) is 0 Å². The molecule has 1 heterocycles. The number of hydrogen-bond acceptors (Lipinski definition) is 3. The molecule has 2 rings (SSSR count). The van der Waals surface area contributed by atoms with Gasteiger partial charge in [-0.15, -0.1) is 0 Å². The zero-order valence-electron chi connectivity index (χ0n) is 11.2. The van der Waals surface area contributed by atoms with Crippen LogP contribution in [-0.4, -0.2) is 22.0 Å². The quantitative estimate of drug-likeness (QED) is 0.937. The Morgan fingerprint density at radius 2 is 2.16 bits per heavy atom. The van der Waals surface area contributed by atoms with Crippen LogP contribution in [0.2, 0.25) is 5.02 Å². The summed E-state index contributed by atoms with van der Waals surface area (Å²) in [6.07, 6.45) is 0.800. The highest BCUT2D eigenvalue weighted by atomic mass is 35.5. The average molecular weight is 281 g/mol. The highest BCUT2D eigenvalue weighted by molar-refractivity contribution is 6.30. The zero-order valence-corrected chi connectivity index (χ0v) is 12.0. The standard InChI is InChI=1S/C14H17ClN2O2/c1-4-17-13(12(19-3)8-16-17)14(18)10-5-9(2)6-11(15)7-10/h5-8,14,18H,4H2,1-3H3. The maximum Gasteiger partial charge on any atom is 0.163 e. The van der Waals surface area contributed by atoms with Crippen LogP contribution >= 0.6 is 11.6 Å². The second-order valence-corrected chi connectivity index (χ2v) is 4.81. The highest BCUT2D eigenvalue weighted by Crippen LogP contribution is 2.31. The first-order chi connectivity index (χ1) is 9.06. The SMILES string of the molecule is CCn1ncc(OC)c1C(O)c1cc(C)cc(Cl)c1. The minimum atomic E-state index is -0.810. The molecule has 0 radical (unpaired) electrons. The molecule has 1 aromatic heterocycles. The summed E-state index contributed by atoms with van der Waals surface area (Å²) in [5.41, 5.74) is 2.38. The summed E-state index contributed by atoms with van der Waals surface area (Å²) in [5, 5.41) is 15.4. The van der Waals surface area contributed by atoms with E-state index in [-0.39, 0.29) is 0 Å². The maximum absolute atomic E-state index is 10.6. The molecule has 0 saturated heterocycles. The first-order valence-electron chi connectivity index (χ1n) is 6.11. The minimum absolute atomic E-state index is 0.576. The fourth-order valence-electron chi connectivity index (χ4n) is 2.14. The molecule has 1 N–H and O–H groups in total. The monoisotopic (exact) mass is 280 g/mol. The van der Waals surface area contributed by atoms with E-state index in [1.54, 1.807) is 24.1 Å². The van der Waals surface area contributed by atoms with E-state index in [0.29, 0.717) is 23.0 Å². The number of ether oxygens (including phenoxy) is 1. The van der Waals surface area contributed by atoms with Crippen molar-refractivity contribution < 1.29 is 9.84 Å². The van der Waals surface area contributed by atoms with Gasteiger partial charge in [-0.1, -0.05) is 17.7 Å². The lowest BCUT2D eigenvalue weighted by molar-refractivity contribution is 0.202. The zero-order chi connectivity index (χ0) is 14.0. The van der Waals surface area contributed by atoms with E-state index in [2.05, 4.69) is 5.10 Å². The molecule has 4 nitrogen and oxygen atoms in total. The van der Waals surface area contributed by atoms with E-state index in [1.165, 1.54) is 0 Å². The predicted molar refractivity (Wildman–Crippen MR) is 74.7 cm³/mol. The van der Waals surface area contributed by atoms with Gasteiger partial charge in [0.15, 0.2) is 5.75 Å². The first-order valence-corrected chi connectivity index (χ1v) is 6.49. The van der Waals surface area contributed by atoms with Crippen LogP contribution in [0, 0.1) is 6.92 Å². The average Bonchev–Trinajstić information content (AvgIpc) is 2.79. The third kappa shape index (κ3) is 2.74. The van der Waals surface area contributed by atoms with Crippen molar-refractivity contribution in [2.24, 2.45) is 0 Å². The van der Waals surface area contributed by atoms with Gasteiger partial charge >= 0.3 is 0 Å². The molecule has 1 atom stereocenters. The number of aryl methyl sites for hydroxylation is 2. The van der Waals surface area contributed by atoms with Crippen LogP contribution in [0.4, 0.5) is 0 Å². The summed E-state index contributed by atoms with van der Waals surface area (Å²) in [5.74, 6) is 0.576. The molecule has 0 aliphatic carbocycles. The van der Waals surface area contributed by atoms with Crippen LogP contribution in [0.1, 0.15) is 29.8 Å². The van der Waals surface area contributed by atoms with Gasteiger partial charge in [-0.25, -0.2) is 0 Å². The second-order valence-electron chi connectivity index (χ2n) is 4.38. The van der Waals surface area contributed by atoms with Gasteiger partial charge in [0.2, 0.25) is 0 Å². The van der Waals surface area contributed by atoms with Gasteiger partial charge in [0, 0.05) is 11.6 Å². The number of aliphatic hydroxyl groups excluding tert-OH is 1. The van der Waals surface area contributed by atoms with E-state index < -0.39 is 6.10 Å². The van der Waals surface area contributed by atoms with Crippen molar-refractivity contribution >= 4 is 11.6 Å². The Kier molecular flexibility index (Phi) is 4.12. The maximum atomic E-state index is 10.6. The van der Waals surface area contributed by atoms with Gasteiger partial charge in [-0.05, 0) is 37.1 Å². The van der Waals surface area contributed by atoms with E-state index in [0.717, 1.165) is 11.1 Å². The van der Waals surface area contributed by atoms with Gasteiger partial charge in [0.05, 0.1) is 13.3 Å². The van der Waals surface area contributed by atoms with Crippen LogP contribution in [0.5, 0.6) is 5.75 Å². The summed E-state index contributed by atoms with van der Waals surface area (Å²) in [6.45, 7) is 4.57. The van der Waals surface area contributed by atoms with Gasteiger partial charge in [-0.3, -0.25) is 4.68 Å². The molecule has 102 valence electrons. The summed E-state index contributed by atoms with van der Waals surface area (Å²) < 4.78 is 6.98. The Hall–Kier alpha value is -1.52. The number of benzene rings is 1. The molecule has 0 amide bonds. The number of hydrogen-bond donors (Lipinski definition) is 1.